The van der Waals surface area contributed by atoms with E-state index in [9.17, 15) is 9.18 Å². The van der Waals surface area contributed by atoms with Crippen LogP contribution in [0.1, 0.15) is 53.3 Å². The van der Waals surface area contributed by atoms with Crippen molar-refractivity contribution in [1.29, 1.82) is 0 Å². The lowest BCUT2D eigenvalue weighted by molar-refractivity contribution is 0.0934. The molecular weight excluding hydrogens is 381 g/mol. The molecule has 0 bridgehead atoms. The van der Waals surface area contributed by atoms with E-state index < -0.39 is 0 Å². The fourth-order valence-electron chi connectivity index (χ4n) is 3.16. The van der Waals surface area contributed by atoms with E-state index in [1.54, 1.807) is 12.1 Å². The van der Waals surface area contributed by atoms with E-state index in [-0.39, 0.29) is 23.5 Å². The predicted molar refractivity (Wildman–Crippen MR) is 114 cm³/mol. The summed E-state index contributed by atoms with van der Waals surface area (Å²) in [6, 6.07) is 14.9. The molecule has 0 aliphatic carbocycles. The van der Waals surface area contributed by atoms with Crippen molar-refractivity contribution >= 4 is 5.91 Å². The van der Waals surface area contributed by atoms with Gasteiger partial charge in [-0.25, -0.2) is 9.37 Å². The van der Waals surface area contributed by atoms with Crippen molar-refractivity contribution in [1.82, 2.24) is 15.2 Å². The number of benzene rings is 2. The van der Waals surface area contributed by atoms with E-state index in [4.69, 9.17) is 4.42 Å². The highest BCUT2D eigenvalue weighted by Crippen LogP contribution is 2.16. The standard InChI is InChI=1S/C24H28FN3O2/c1-4-18(3)26-24(29)22-16-30-23(27-22)15-28(13-19-8-10-21(25)11-9-19)14-20-7-5-6-17(2)12-20/h5-12,16,18H,4,13-15H2,1-3H3,(H,26,29)/t18-/m0/s1. The maximum atomic E-state index is 13.3. The first-order valence-electron chi connectivity index (χ1n) is 10.2. The molecule has 0 unspecified atom stereocenters. The summed E-state index contributed by atoms with van der Waals surface area (Å²) in [5.74, 6) is -0.0177. The minimum Gasteiger partial charge on any atom is -0.447 e. The number of aromatic nitrogens is 1. The largest absolute Gasteiger partial charge is 0.447 e. The molecule has 3 rings (SSSR count). The number of halogens is 1. The van der Waals surface area contributed by atoms with Gasteiger partial charge in [0.15, 0.2) is 5.69 Å². The molecule has 0 spiro atoms. The molecule has 3 aromatic rings. The van der Waals surface area contributed by atoms with Crippen LogP contribution >= 0.6 is 0 Å². The highest BCUT2D eigenvalue weighted by molar-refractivity contribution is 5.92. The number of nitrogens with one attached hydrogen (secondary N) is 1. The van der Waals surface area contributed by atoms with E-state index in [2.05, 4.69) is 40.3 Å². The minimum absolute atomic E-state index is 0.0777. The zero-order valence-corrected chi connectivity index (χ0v) is 17.7. The summed E-state index contributed by atoms with van der Waals surface area (Å²) in [7, 11) is 0. The molecule has 0 aliphatic heterocycles. The first kappa shape index (κ1) is 21.7. The summed E-state index contributed by atoms with van der Waals surface area (Å²) in [5, 5.41) is 2.89. The molecule has 0 fully saturated rings. The molecule has 5 nitrogen and oxygen atoms in total. The Morgan fingerprint density at radius 1 is 1.13 bits per heavy atom. The second kappa shape index (κ2) is 10.2. The van der Waals surface area contributed by atoms with E-state index in [1.165, 1.54) is 29.5 Å². The van der Waals surface area contributed by atoms with Crippen molar-refractivity contribution in [3.63, 3.8) is 0 Å². The van der Waals surface area contributed by atoms with Gasteiger partial charge in [0, 0.05) is 19.1 Å². The second-order valence-corrected chi connectivity index (χ2v) is 7.67. The Morgan fingerprint density at radius 3 is 2.57 bits per heavy atom. The van der Waals surface area contributed by atoms with Crippen LogP contribution in [0.15, 0.2) is 59.2 Å². The number of hydrogen-bond donors (Lipinski definition) is 1. The Bertz CT molecular complexity index is 969. The van der Waals surface area contributed by atoms with Crippen molar-refractivity contribution in [3.8, 4) is 0 Å². The van der Waals surface area contributed by atoms with Gasteiger partial charge in [0.05, 0.1) is 6.54 Å². The summed E-state index contributed by atoms with van der Waals surface area (Å²) in [6.45, 7) is 7.73. The molecule has 158 valence electrons. The highest BCUT2D eigenvalue weighted by atomic mass is 19.1. The van der Waals surface area contributed by atoms with Gasteiger partial charge in [-0.05, 0) is 43.5 Å². The normalized spacial score (nSPS) is 12.2. The number of carbonyl (C=O) groups excluding carboxylic acids is 1. The summed E-state index contributed by atoms with van der Waals surface area (Å²) in [4.78, 5) is 18.8. The third-order valence-electron chi connectivity index (χ3n) is 4.94. The van der Waals surface area contributed by atoms with Gasteiger partial charge in [-0.2, -0.15) is 0 Å². The summed E-state index contributed by atoms with van der Waals surface area (Å²) < 4.78 is 18.9. The first-order valence-corrected chi connectivity index (χ1v) is 10.2. The predicted octanol–water partition coefficient (Wildman–Crippen LogP) is 4.85. The zero-order chi connectivity index (χ0) is 21.5. The molecule has 1 heterocycles. The van der Waals surface area contributed by atoms with Crippen LogP contribution in [0.2, 0.25) is 0 Å². The van der Waals surface area contributed by atoms with Crippen LogP contribution in [0.5, 0.6) is 0 Å². The number of nitrogens with zero attached hydrogens (tertiary/aromatic N) is 2. The van der Waals surface area contributed by atoms with Crippen LogP contribution < -0.4 is 5.32 Å². The molecule has 0 saturated carbocycles. The summed E-state index contributed by atoms with van der Waals surface area (Å²) in [6.07, 6.45) is 2.24. The van der Waals surface area contributed by atoms with Gasteiger partial charge in [-0.1, -0.05) is 48.9 Å². The van der Waals surface area contributed by atoms with E-state index in [1.807, 2.05) is 19.9 Å². The summed E-state index contributed by atoms with van der Waals surface area (Å²) >= 11 is 0. The van der Waals surface area contributed by atoms with E-state index in [0.717, 1.165) is 12.0 Å². The quantitative estimate of drug-likeness (QED) is 0.549. The van der Waals surface area contributed by atoms with Crippen LogP contribution in [-0.2, 0) is 19.6 Å². The number of carbonyl (C=O) groups is 1. The zero-order valence-electron chi connectivity index (χ0n) is 17.7. The number of amides is 1. The fourth-order valence-corrected chi connectivity index (χ4v) is 3.16. The lowest BCUT2D eigenvalue weighted by Crippen LogP contribution is -2.32. The van der Waals surface area contributed by atoms with Gasteiger partial charge < -0.3 is 9.73 Å². The van der Waals surface area contributed by atoms with Gasteiger partial charge in [0.1, 0.15) is 12.1 Å². The van der Waals surface area contributed by atoms with Gasteiger partial charge in [0.2, 0.25) is 5.89 Å². The molecule has 1 N–H and O–H groups in total. The Hall–Kier alpha value is -2.99. The van der Waals surface area contributed by atoms with Crippen molar-refractivity contribution in [2.75, 3.05) is 0 Å². The van der Waals surface area contributed by atoms with E-state index in [0.29, 0.717) is 25.5 Å². The first-order chi connectivity index (χ1) is 14.4. The number of rotatable bonds is 9. The molecule has 0 aliphatic rings. The topological polar surface area (TPSA) is 58.4 Å². The van der Waals surface area contributed by atoms with Crippen LogP contribution in [0.25, 0.3) is 0 Å². The number of hydrogen-bond acceptors (Lipinski definition) is 4. The van der Waals surface area contributed by atoms with Crippen LogP contribution in [0, 0.1) is 12.7 Å². The van der Waals surface area contributed by atoms with Crippen LogP contribution in [-0.4, -0.2) is 21.8 Å². The number of oxazole rings is 1. The third-order valence-corrected chi connectivity index (χ3v) is 4.94. The molecule has 1 aromatic heterocycles. The van der Waals surface area contributed by atoms with E-state index >= 15 is 0 Å². The van der Waals surface area contributed by atoms with Gasteiger partial charge in [-0.3, -0.25) is 9.69 Å². The third kappa shape index (κ3) is 6.26. The van der Waals surface area contributed by atoms with Gasteiger partial charge >= 0.3 is 0 Å². The molecule has 0 saturated heterocycles. The average Bonchev–Trinajstić information content (AvgIpc) is 3.18. The van der Waals surface area contributed by atoms with Crippen LogP contribution in [0.3, 0.4) is 0 Å². The molecule has 1 amide bonds. The molecule has 2 aromatic carbocycles. The highest BCUT2D eigenvalue weighted by Gasteiger charge is 2.17. The van der Waals surface area contributed by atoms with Gasteiger partial charge in [0.25, 0.3) is 5.91 Å². The Balaban J connectivity index is 1.74. The monoisotopic (exact) mass is 409 g/mol. The molecule has 6 heteroatoms. The number of aryl methyl sites for hydroxylation is 1. The Labute approximate surface area is 176 Å². The fraction of sp³-hybridized carbons (Fsp3) is 0.333. The van der Waals surface area contributed by atoms with Crippen molar-refractivity contribution in [2.45, 2.75) is 52.9 Å². The SMILES string of the molecule is CC[C@H](C)NC(=O)c1coc(CN(Cc2ccc(F)cc2)Cc2cccc(C)c2)n1. The average molecular weight is 410 g/mol. The van der Waals surface area contributed by atoms with Crippen LogP contribution in [0.4, 0.5) is 4.39 Å². The van der Waals surface area contributed by atoms with Crippen molar-refractivity contribution in [2.24, 2.45) is 0 Å². The lowest BCUT2D eigenvalue weighted by atomic mass is 10.1. The van der Waals surface area contributed by atoms with Crippen molar-refractivity contribution < 1.29 is 13.6 Å². The van der Waals surface area contributed by atoms with Gasteiger partial charge in [-0.15, -0.1) is 0 Å². The maximum Gasteiger partial charge on any atom is 0.273 e. The lowest BCUT2D eigenvalue weighted by Gasteiger charge is -2.21. The molecule has 0 radical (unpaired) electrons. The maximum absolute atomic E-state index is 13.3. The molecule has 1 atom stereocenters. The molecule has 30 heavy (non-hydrogen) atoms. The molecular formula is C24H28FN3O2. The Morgan fingerprint density at radius 2 is 1.87 bits per heavy atom. The summed E-state index contributed by atoms with van der Waals surface area (Å²) in [5.41, 5.74) is 3.63. The second-order valence-electron chi connectivity index (χ2n) is 7.67. The van der Waals surface area contributed by atoms with Crippen molar-refractivity contribution in [3.05, 3.63) is 88.9 Å². The minimum atomic E-state index is -0.256. The Kier molecular flexibility index (Phi) is 7.36. The smallest absolute Gasteiger partial charge is 0.273 e.